The summed E-state index contributed by atoms with van der Waals surface area (Å²) in [6.45, 7) is 3.47. The van der Waals surface area contributed by atoms with Gasteiger partial charge in [0.25, 0.3) is 5.91 Å². The smallest absolute Gasteiger partial charge is 0.278 e. The van der Waals surface area contributed by atoms with Crippen molar-refractivity contribution in [3.05, 3.63) is 29.8 Å². The van der Waals surface area contributed by atoms with Crippen LogP contribution in [-0.2, 0) is 14.3 Å². The second kappa shape index (κ2) is 6.39. The molecule has 0 aliphatic carbocycles. The number of methoxy groups -OCH3 is 2. The number of phenols is 1. The zero-order chi connectivity index (χ0) is 18.1. The van der Waals surface area contributed by atoms with Gasteiger partial charge in [-0.3, -0.25) is 4.79 Å². The first kappa shape index (κ1) is 18.2. The Labute approximate surface area is 139 Å². The van der Waals surface area contributed by atoms with E-state index in [0.717, 1.165) is 0 Å². The number of carbonyl (C=O) groups is 1. The Bertz CT molecular complexity index is 644. The lowest BCUT2D eigenvalue weighted by atomic mass is 9.91. The van der Waals surface area contributed by atoms with Crippen molar-refractivity contribution in [2.24, 2.45) is 10.9 Å². The summed E-state index contributed by atoms with van der Waals surface area (Å²) in [6.07, 6.45) is -1.57. The molecule has 0 radical (unpaired) electrons. The number of nitrogens with zero attached hydrogens (tertiary/aromatic N) is 1. The van der Waals surface area contributed by atoms with Gasteiger partial charge in [0, 0.05) is 13.0 Å². The number of aliphatic hydroxyl groups excluding tert-OH is 1. The number of amides is 1. The van der Waals surface area contributed by atoms with Crippen LogP contribution in [0.3, 0.4) is 0 Å². The number of aliphatic imine (C=N–C) groups is 1. The van der Waals surface area contributed by atoms with Gasteiger partial charge in [0.1, 0.15) is 11.9 Å². The quantitative estimate of drug-likeness (QED) is 0.626. The van der Waals surface area contributed by atoms with Crippen LogP contribution in [-0.4, -0.2) is 52.8 Å². The molecule has 8 nitrogen and oxygen atoms in total. The van der Waals surface area contributed by atoms with E-state index in [1.165, 1.54) is 38.5 Å². The second-order valence-corrected chi connectivity index (χ2v) is 5.89. The summed E-state index contributed by atoms with van der Waals surface area (Å²) < 4.78 is 10.4. The Balaban J connectivity index is 2.51. The molecule has 24 heavy (non-hydrogen) atoms. The van der Waals surface area contributed by atoms with Gasteiger partial charge in [-0.15, -0.1) is 0 Å². The second-order valence-electron chi connectivity index (χ2n) is 5.89. The molecule has 0 unspecified atom stereocenters. The predicted molar refractivity (Wildman–Crippen MR) is 85.2 cm³/mol. The number of benzene rings is 1. The molecule has 132 valence electrons. The molecule has 1 aromatic rings. The molecule has 4 N–H and O–H groups in total. The van der Waals surface area contributed by atoms with Crippen molar-refractivity contribution < 1.29 is 29.6 Å². The number of carbonyl (C=O) groups excluding carboxylic acids is 1. The molecule has 0 saturated heterocycles. The predicted octanol–water partition coefficient (Wildman–Crippen LogP) is 0.288. The van der Waals surface area contributed by atoms with E-state index in [1.54, 1.807) is 13.8 Å². The largest absolute Gasteiger partial charge is 0.508 e. The lowest BCUT2D eigenvalue weighted by Gasteiger charge is -2.43. The summed E-state index contributed by atoms with van der Waals surface area (Å²) in [5.74, 6) is -1.31. The molecule has 0 aromatic heterocycles. The molecule has 1 amide bonds. The van der Waals surface area contributed by atoms with Crippen LogP contribution in [0, 0.1) is 5.92 Å². The minimum Gasteiger partial charge on any atom is -0.508 e. The number of hydrogen-bond donors (Lipinski definition) is 4. The molecule has 0 fully saturated rings. The highest BCUT2D eigenvalue weighted by molar-refractivity contribution is 5.99. The van der Waals surface area contributed by atoms with Gasteiger partial charge in [0.15, 0.2) is 0 Å². The minimum absolute atomic E-state index is 0.00413. The zero-order valence-corrected chi connectivity index (χ0v) is 14.0. The van der Waals surface area contributed by atoms with Crippen LogP contribution in [0.4, 0.5) is 0 Å². The maximum Gasteiger partial charge on any atom is 0.278 e. The lowest BCUT2D eigenvalue weighted by Crippen LogP contribution is -2.69. The van der Waals surface area contributed by atoms with E-state index in [-0.39, 0.29) is 23.1 Å². The average molecular weight is 338 g/mol. The first-order valence-electron chi connectivity index (χ1n) is 7.42. The van der Waals surface area contributed by atoms with E-state index in [2.05, 4.69) is 10.3 Å². The third-order valence-electron chi connectivity index (χ3n) is 4.11. The maximum absolute atomic E-state index is 12.5. The van der Waals surface area contributed by atoms with Crippen molar-refractivity contribution in [2.75, 3.05) is 14.2 Å². The van der Waals surface area contributed by atoms with Crippen molar-refractivity contribution in [3.63, 3.8) is 0 Å². The van der Waals surface area contributed by atoms with Crippen LogP contribution < -0.4 is 5.32 Å². The van der Waals surface area contributed by atoms with Gasteiger partial charge in [-0.05, 0) is 17.7 Å². The Morgan fingerprint density at radius 2 is 1.79 bits per heavy atom. The third-order valence-corrected chi connectivity index (χ3v) is 4.11. The molecule has 0 saturated carbocycles. The summed E-state index contributed by atoms with van der Waals surface area (Å²) in [6, 6.07) is 5.53. The van der Waals surface area contributed by atoms with Crippen LogP contribution in [0.1, 0.15) is 25.5 Å². The first-order valence-corrected chi connectivity index (χ1v) is 7.42. The molecular formula is C16H22N2O6. The standard InChI is InChI=1S/C16H22N2O6/c1-9(2)16(24-4)13(21)17-15(22,14(18-16)23-3)12(20)10-5-7-11(19)8-6-10/h5-9,12,19-20,22H,1-4H3,(H,17,21)/t12-,15+,16+/m1/s1. The molecule has 1 aliphatic rings. The van der Waals surface area contributed by atoms with Gasteiger partial charge in [0.2, 0.25) is 17.3 Å². The zero-order valence-electron chi connectivity index (χ0n) is 14.0. The van der Waals surface area contributed by atoms with E-state index in [0.29, 0.717) is 0 Å². The number of phenolic OH excluding ortho intramolecular Hbond substituents is 1. The highest BCUT2D eigenvalue weighted by Gasteiger charge is 2.56. The topological polar surface area (TPSA) is 121 Å². The maximum atomic E-state index is 12.5. The summed E-state index contributed by atoms with van der Waals surface area (Å²) in [4.78, 5) is 16.7. The summed E-state index contributed by atoms with van der Waals surface area (Å²) in [5, 5.41) is 33.1. The SMILES string of the molecule is COC1=N[C@](OC)(C(C)C)C(=O)N[C@]1(O)[C@H](O)c1ccc(O)cc1. The normalized spacial score (nSPS) is 28.3. The van der Waals surface area contributed by atoms with E-state index in [9.17, 15) is 20.1 Å². The molecule has 3 atom stereocenters. The van der Waals surface area contributed by atoms with E-state index in [1.807, 2.05) is 0 Å². The van der Waals surface area contributed by atoms with Crippen molar-refractivity contribution in [1.29, 1.82) is 0 Å². The number of hydrogen-bond acceptors (Lipinski definition) is 7. The van der Waals surface area contributed by atoms with Gasteiger partial charge in [-0.25, -0.2) is 4.99 Å². The molecular weight excluding hydrogens is 316 g/mol. The molecule has 0 spiro atoms. The number of nitrogens with one attached hydrogen (secondary N) is 1. The lowest BCUT2D eigenvalue weighted by molar-refractivity contribution is -0.164. The molecule has 2 rings (SSSR count). The third kappa shape index (κ3) is 2.72. The van der Waals surface area contributed by atoms with Crippen LogP contribution in [0.25, 0.3) is 0 Å². The van der Waals surface area contributed by atoms with Gasteiger partial charge < -0.3 is 30.1 Å². The minimum atomic E-state index is -2.26. The Kier molecular flexibility index (Phi) is 4.84. The summed E-state index contributed by atoms with van der Waals surface area (Å²) >= 11 is 0. The van der Waals surface area contributed by atoms with E-state index in [4.69, 9.17) is 9.47 Å². The van der Waals surface area contributed by atoms with Gasteiger partial charge in [-0.1, -0.05) is 26.0 Å². The van der Waals surface area contributed by atoms with E-state index >= 15 is 0 Å². The van der Waals surface area contributed by atoms with Crippen molar-refractivity contribution in [2.45, 2.75) is 31.4 Å². The van der Waals surface area contributed by atoms with Crippen molar-refractivity contribution >= 4 is 11.8 Å². The Morgan fingerprint density at radius 1 is 1.21 bits per heavy atom. The van der Waals surface area contributed by atoms with Gasteiger partial charge in [-0.2, -0.15) is 0 Å². The molecule has 8 heteroatoms. The monoisotopic (exact) mass is 338 g/mol. The summed E-state index contributed by atoms with van der Waals surface area (Å²) in [5.41, 5.74) is -3.57. The number of aliphatic hydroxyl groups is 2. The van der Waals surface area contributed by atoms with Crippen molar-refractivity contribution in [1.82, 2.24) is 5.32 Å². The van der Waals surface area contributed by atoms with Crippen LogP contribution >= 0.6 is 0 Å². The Morgan fingerprint density at radius 3 is 2.25 bits per heavy atom. The highest BCUT2D eigenvalue weighted by atomic mass is 16.5. The van der Waals surface area contributed by atoms with Crippen LogP contribution in [0.2, 0.25) is 0 Å². The van der Waals surface area contributed by atoms with Crippen molar-refractivity contribution in [3.8, 4) is 5.75 Å². The van der Waals surface area contributed by atoms with Gasteiger partial charge >= 0.3 is 0 Å². The first-order chi connectivity index (χ1) is 11.2. The Hall–Kier alpha value is -2.16. The molecule has 0 bridgehead atoms. The molecule has 1 heterocycles. The number of aromatic hydroxyl groups is 1. The summed E-state index contributed by atoms with van der Waals surface area (Å²) in [7, 11) is 2.60. The molecule has 1 aliphatic heterocycles. The average Bonchev–Trinajstić information content (AvgIpc) is 2.55. The molecule has 1 aromatic carbocycles. The highest BCUT2D eigenvalue weighted by Crippen LogP contribution is 2.35. The fourth-order valence-electron chi connectivity index (χ4n) is 2.65. The fourth-order valence-corrected chi connectivity index (χ4v) is 2.65. The fraction of sp³-hybridized carbons (Fsp3) is 0.500. The van der Waals surface area contributed by atoms with Crippen LogP contribution in [0.5, 0.6) is 5.75 Å². The number of ether oxygens (including phenoxy) is 2. The van der Waals surface area contributed by atoms with Crippen LogP contribution in [0.15, 0.2) is 29.3 Å². The van der Waals surface area contributed by atoms with E-state index < -0.39 is 23.5 Å². The van der Waals surface area contributed by atoms with Gasteiger partial charge in [0.05, 0.1) is 7.11 Å². The number of rotatable bonds is 4.